The van der Waals surface area contributed by atoms with Crippen LogP contribution in [0.5, 0.6) is 0 Å². The number of hydrogen-bond donors (Lipinski definition) is 1. The fraction of sp³-hybridized carbons (Fsp3) is 0.200. The lowest BCUT2D eigenvalue weighted by atomic mass is 10.1. The van der Waals surface area contributed by atoms with Crippen LogP contribution in [0.4, 0.5) is 0 Å². The van der Waals surface area contributed by atoms with Crippen molar-refractivity contribution in [2.45, 2.75) is 12.5 Å². The lowest BCUT2D eigenvalue weighted by Crippen LogP contribution is -2.11. The average Bonchev–Trinajstić information content (AvgIpc) is 2.75. The third-order valence-corrected chi connectivity index (χ3v) is 4.08. The van der Waals surface area contributed by atoms with E-state index in [9.17, 15) is 0 Å². The minimum atomic E-state index is -0.0816. The van der Waals surface area contributed by atoms with E-state index in [1.165, 1.54) is 4.88 Å². The molecule has 2 heterocycles. The Morgan fingerprint density at radius 3 is 2.60 bits per heavy atom. The fourth-order valence-corrected chi connectivity index (χ4v) is 3.17. The van der Waals surface area contributed by atoms with Crippen LogP contribution in [0.15, 0.2) is 37.1 Å². The smallest absolute Gasteiger partial charge is 0.169 e. The molecule has 0 bridgehead atoms. The molecule has 15 heavy (non-hydrogen) atoms. The third-order valence-electron chi connectivity index (χ3n) is 2.01. The van der Waals surface area contributed by atoms with E-state index in [4.69, 9.17) is 10.2 Å². The summed E-state index contributed by atoms with van der Waals surface area (Å²) in [5.41, 5.74) is 6.03. The van der Waals surface area contributed by atoms with Gasteiger partial charge in [-0.2, -0.15) is 0 Å². The molecule has 0 spiro atoms. The van der Waals surface area contributed by atoms with Gasteiger partial charge in [0, 0.05) is 11.3 Å². The predicted octanol–water partition coefficient (Wildman–Crippen LogP) is 4.11. The first-order chi connectivity index (χ1) is 7.15. The average molecular weight is 351 g/mol. The normalized spacial score (nSPS) is 13.0. The molecule has 0 amide bonds. The van der Waals surface area contributed by atoms with Gasteiger partial charge in [-0.25, -0.2) is 0 Å². The Balaban J connectivity index is 2.06. The third kappa shape index (κ3) is 2.93. The standard InChI is InChI=1S/C10H9Br2NOS/c11-9-3-2-8(14-9)7(13)5-6-1-4-10(12)15-6/h1-4,7H,5,13H2. The summed E-state index contributed by atoms with van der Waals surface area (Å²) >= 11 is 8.39. The van der Waals surface area contributed by atoms with E-state index >= 15 is 0 Å². The Hall–Kier alpha value is -0.100. The quantitative estimate of drug-likeness (QED) is 0.904. The molecule has 0 saturated heterocycles. The summed E-state index contributed by atoms with van der Waals surface area (Å²) in [5, 5.41) is 0. The van der Waals surface area contributed by atoms with Crippen LogP contribution in [0, 0.1) is 0 Å². The maximum atomic E-state index is 6.03. The molecule has 0 aliphatic carbocycles. The van der Waals surface area contributed by atoms with Crippen molar-refractivity contribution in [1.29, 1.82) is 0 Å². The number of nitrogens with two attached hydrogens (primary N) is 1. The largest absolute Gasteiger partial charge is 0.453 e. The van der Waals surface area contributed by atoms with Gasteiger partial charge < -0.3 is 10.2 Å². The SMILES string of the molecule is NC(Cc1ccc(Br)s1)c1ccc(Br)o1. The first-order valence-corrected chi connectivity index (χ1v) is 6.80. The van der Waals surface area contributed by atoms with Gasteiger partial charge in [0.05, 0.1) is 9.83 Å². The minimum Gasteiger partial charge on any atom is -0.453 e. The maximum absolute atomic E-state index is 6.03. The molecular formula is C10H9Br2NOS. The van der Waals surface area contributed by atoms with Gasteiger partial charge in [0.2, 0.25) is 0 Å². The number of hydrogen-bond acceptors (Lipinski definition) is 3. The van der Waals surface area contributed by atoms with E-state index in [0.717, 1.165) is 20.6 Å². The van der Waals surface area contributed by atoms with E-state index < -0.39 is 0 Å². The molecule has 2 aromatic rings. The zero-order chi connectivity index (χ0) is 10.8. The minimum absolute atomic E-state index is 0.0816. The summed E-state index contributed by atoms with van der Waals surface area (Å²) in [5.74, 6) is 0.811. The summed E-state index contributed by atoms with van der Waals surface area (Å²) in [4.78, 5) is 1.25. The molecule has 2 aromatic heterocycles. The predicted molar refractivity (Wildman–Crippen MR) is 69.1 cm³/mol. The van der Waals surface area contributed by atoms with Crippen LogP contribution < -0.4 is 5.73 Å². The van der Waals surface area contributed by atoms with E-state index in [1.54, 1.807) is 11.3 Å². The summed E-state index contributed by atoms with van der Waals surface area (Å²) in [6, 6.07) is 7.79. The van der Waals surface area contributed by atoms with Gasteiger partial charge in [-0.1, -0.05) is 0 Å². The van der Waals surface area contributed by atoms with Gasteiger partial charge in [-0.3, -0.25) is 0 Å². The second-order valence-electron chi connectivity index (χ2n) is 3.16. The van der Waals surface area contributed by atoms with Gasteiger partial charge in [-0.05, 0) is 56.1 Å². The molecule has 2 rings (SSSR count). The number of halogens is 2. The van der Waals surface area contributed by atoms with Crippen molar-refractivity contribution in [3.05, 3.63) is 43.4 Å². The zero-order valence-electron chi connectivity index (χ0n) is 7.74. The zero-order valence-corrected chi connectivity index (χ0v) is 11.7. The molecule has 0 aromatic carbocycles. The first-order valence-electron chi connectivity index (χ1n) is 4.40. The number of rotatable bonds is 3. The van der Waals surface area contributed by atoms with Crippen molar-refractivity contribution < 1.29 is 4.42 Å². The van der Waals surface area contributed by atoms with Crippen molar-refractivity contribution in [3.8, 4) is 0 Å². The van der Waals surface area contributed by atoms with Gasteiger partial charge in [0.15, 0.2) is 4.67 Å². The van der Waals surface area contributed by atoms with Crippen molar-refractivity contribution in [2.24, 2.45) is 5.73 Å². The molecule has 0 aliphatic heterocycles. The molecule has 5 heteroatoms. The van der Waals surface area contributed by atoms with Crippen molar-refractivity contribution in [3.63, 3.8) is 0 Å². The molecule has 0 saturated carbocycles. The Bertz CT molecular complexity index is 452. The second-order valence-corrected chi connectivity index (χ2v) is 6.49. The molecule has 2 nitrogen and oxygen atoms in total. The summed E-state index contributed by atoms with van der Waals surface area (Å²) in [6.45, 7) is 0. The first kappa shape index (κ1) is 11.4. The highest BCUT2D eigenvalue weighted by atomic mass is 79.9. The molecule has 0 fully saturated rings. The molecule has 0 aliphatic rings. The highest BCUT2D eigenvalue weighted by Crippen LogP contribution is 2.27. The summed E-state index contributed by atoms with van der Waals surface area (Å²) in [7, 11) is 0. The van der Waals surface area contributed by atoms with Crippen LogP contribution in [0.1, 0.15) is 16.7 Å². The highest BCUT2D eigenvalue weighted by molar-refractivity contribution is 9.11. The molecular weight excluding hydrogens is 342 g/mol. The van der Waals surface area contributed by atoms with Gasteiger partial charge >= 0.3 is 0 Å². The Labute approximate surface area is 109 Å². The van der Waals surface area contributed by atoms with Crippen LogP contribution >= 0.6 is 43.2 Å². The van der Waals surface area contributed by atoms with Crippen LogP contribution in [0.2, 0.25) is 0 Å². The van der Waals surface area contributed by atoms with Crippen LogP contribution in [-0.4, -0.2) is 0 Å². The number of furan rings is 1. The molecule has 1 unspecified atom stereocenters. The van der Waals surface area contributed by atoms with E-state index in [1.807, 2.05) is 18.2 Å². The van der Waals surface area contributed by atoms with Crippen LogP contribution in [0.25, 0.3) is 0 Å². The van der Waals surface area contributed by atoms with Crippen molar-refractivity contribution in [2.75, 3.05) is 0 Å². The highest BCUT2D eigenvalue weighted by Gasteiger charge is 2.12. The monoisotopic (exact) mass is 349 g/mol. The molecule has 2 N–H and O–H groups in total. The Morgan fingerprint density at radius 2 is 2.07 bits per heavy atom. The summed E-state index contributed by atoms with van der Waals surface area (Å²) < 4.78 is 7.26. The molecule has 80 valence electrons. The second kappa shape index (κ2) is 4.82. The number of thiophene rings is 1. The Morgan fingerprint density at radius 1 is 1.27 bits per heavy atom. The maximum Gasteiger partial charge on any atom is 0.169 e. The van der Waals surface area contributed by atoms with E-state index in [2.05, 4.69) is 37.9 Å². The summed E-state index contributed by atoms with van der Waals surface area (Å²) in [6.07, 6.45) is 0.802. The molecule has 1 atom stereocenters. The van der Waals surface area contributed by atoms with Crippen LogP contribution in [0.3, 0.4) is 0 Å². The van der Waals surface area contributed by atoms with Gasteiger partial charge in [0.25, 0.3) is 0 Å². The van der Waals surface area contributed by atoms with Crippen LogP contribution in [-0.2, 0) is 6.42 Å². The lowest BCUT2D eigenvalue weighted by molar-refractivity contribution is 0.449. The van der Waals surface area contributed by atoms with E-state index in [0.29, 0.717) is 0 Å². The van der Waals surface area contributed by atoms with E-state index in [-0.39, 0.29) is 6.04 Å². The van der Waals surface area contributed by atoms with Gasteiger partial charge in [-0.15, -0.1) is 11.3 Å². The topological polar surface area (TPSA) is 39.2 Å². The Kier molecular flexibility index (Phi) is 3.66. The van der Waals surface area contributed by atoms with Crippen molar-refractivity contribution >= 4 is 43.2 Å². The lowest BCUT2D eigenvalue weighted by Gasteiger charge is -2.06. The molecule has 0 radical (unpaired) electrons. The van der Waals surface area contributed by atoms with Gasteiger partial charge in [0.1, 0.15) is 5.76 Å². The fourth-order valence-electron chi connectivity index (χ4n) is 1.31. The van der Waals surface area contributed by atoms with Crippen molar-refractivity contribution in [1.82, 2.24) is 0 Å².